The van der Waals surface area contributed by atoms with Crippen molar-refractivity contribution in [3.8, 4) is 0 Å². The Balaban J connectivity index is 5.12. The zero-order valence-corrected chi connectivity index (χ0v) is 21.0. The first-order chi connectivity index (χ1) is 12.5. The van der Waals surface area contributed by atoms with Gasteiger partial charge in [-0.05, 0) is 35.9 Å². The predicted octanol–water partition coefficient (Wildman–Crippen LogP) is 9.82. The molecule has 0 rings (SSSR count). The highest BCUT2D eigenvalue weighted by Crippen LogP contribution is 2.41. The van der Waals surface area contributed by atoms with E-state index in [1.807, 2.05) is 0 Å². The fraction of sp³-hybridized carbons (Fsp3) is 1.00. The van der Waals surface area contributed by atoms with E-state index in [4.69, 9.17) is 11.1 Å². The third-order valence-corrected chi connectivity index (χ3v) is 11.9. The van der Waals surface area contributed by atoms with Gasteiger partial charge in [-0.2, -0.15) is 11.1 Å². The number of unbranched alkanes of at least 4 members (excludes halogenated alkanes) is 3. The summed E-state index contributed by atoms with van der Waals surface area (Å²) in [6.45, 7) is 14.2. The SMILES string of the molecule is CCCCC(CC)C[Si](Cl)(CC(CC)CCCC)CC(CC)CCCC. The van der Waals surface area contributed by atoms with Crippen LogP contribution < -0.4 is 0 Å². The maximum atomic E-state index is 7.64. The van der Waals surface area contributed by atoms with Crippen molar-refractivity contribution >= 4 is 18.5 Å². The Morgan fingerprint density at radius 1 is 0.538 bits per heavy atom. The van der Waals surface area contributed by atoms with Crippen LogP contribution in [-0.4, -0.2) is 7.38 Å². The number of halogens is 1. The minimum atomic E-state index is -1.68. The van der Waals surface area contributed by atoms with Crippen LogP contribution in [0.25, 0.3) is 0 Å². The zero-order chi connectivity index (χ0) is 19.8. The van der Waals surface area contributed by atoms with E-state index < -0.39 is 7.38 Å². The highest BCUT2D eigenvalue weighted by Gasteiger charge is 2.37. The summed E-state index contributed by atoms with van der Waals surface area (Å²) in [5.41, 5.74) is 0. The van der Waals surface area contributed by atoms with E-state index in [1.54, 1.807) is 0 Å². The second-order valence-electron chi connectivity index (χ2n) is 9.01. The van der Waals surface area contributed by atoms with E-state index in [0.717, 1.165) is 17.8 Å². The van der Waals surface area contributed by atoms with E-state index >= 15 is 0 Å². The number of rotatable bonds is 18. The van der Waals surface area contributed by atoms with Crippen LogP contribution in [0.15, 0.2) is 0 Å². The molecule has 0 aromatic carbocycles. The molecule has 3 unspecified atom stereocenters. The second-order valence-corrected chi connectivity index (χ2v) is 14.9. The Kier molecular flexibility index (Phi) is 16.8. The van der Waals surface area contributed by atoms with Crippen LogP contribution in [0.1, 0.15) is 119 Å². The fourth-order valence-electron chi connectivity index (χ4n) is 4.63. The molecule has 0 radical (unpaired) electrons. The van der Waals surface area contributed by atoms with Crippen LogP contribution in [0.2, 0.25) is 18.1 Å². The van der Waals surface area contributed by atoms with E-state index in [-0.39, 0.29) is 0 Å². The highest BCUT2D eigenvalue weighted by molar-refractivity contribution is 7.20. The van der Waals surface area contributed by atoms with Gasteiger partial charge in [0, 0.05) is 0 Å². The molecule has 0 aliphatic carbocycles. The lowest BCUT2D eigenvalue weighted by atomic mass is 10.0. The molecule has 0 saturated heterocycles. The van der Waals surface area contributed by atoms with Crippen LogP contribution >= 0.6 is 11.1 Å². The van der Waals surface area contributed by atoms with Crippen molar-refractivity contribution in [3.63, 3.8) is 0 Å². The topological polar surface area (TPSA) is 0 Å². The van der Waals surface area contributed by atoms with Crippen molar-refractivity contribution in [2.75, 3.05) is 0 Å². The maximum absolute atomic E-state index is 7.64. The van der Waals surface area contributed by atoms with Crippen LogP contribution in [-0.2, 0) is 0 Å². The monoisotopic (exact) mass is 402 g/mol. The zero-order valence-electron chi connectivity index (χ0n) is 19.2. The molecule has 0 bridgehead atoms. The minimum Gasteiger partial charge on any atom is -0.167 e. The van der Waals surface area contributed by atoms with Crippen molar-refractivity contribution in [2.24, 2.45) is 17.8 Å². The van der Waals surface area contributed by atoms with E-state index in [1.165, 1.54) is 95.2 Å². The molecule has 0 aliphatic heterocycles. The lowest BCUT2D eigenvalue weighted by Gasteiger charge is -2.35. The van der Waals surface area contributed by atoms with Crippen molar-refractivity contribution in [1.82, 2.24) is 0 Å². The van der Waals surface area contributed by atoms with Gasteiger partial charge in [-0.15, -0.1) is 0 Å². The van der Waals surface area contributed by atoms with Crippen molar-refractivity contribution < 1.29 is 0 Å². The molecular formula is C24H51ClSi. The molecule has 0 aromatic heterocycles. The molecule has 0 fully saturated rings. The Morgan fingerprint density at radius 2 is 0.808 bits per heavy atom. The molecule has 0 nitrogen and oxygen atoms in total. The Bertz CT molecular complexity index is 259. The molecule has 0 spiro atoms. The van der Waals surface area contributed by atoms with Gasteiger partial charge in [-0.1, -0.05) is 119 Å². The van der Waals surface area contributed by atoms with Gasteiger partial charge >= 0.3 is 0 Å². The largest absolute Gasteiger partial charge is 0.167 e. The summed E-state index contributed by atoms with van der Waals surface area (Å²) in [5.74, 6) is 2.64. The standard InChI is InChI=1S/C24H51ClSi/c1-7-13-16-22(10-4)19-26(25,20-23(11-5)17-14-8-2)21-24(12-6)18-15-9-3/h22-24H,7-21H2,1-6H3. The summed E-state index contributed by atoms with van der Waals surface area (Å²) in [4.78, 5) is 0. The Hall–Kier alpha value is 0.507. The molecule has 0 aromatic rings. The van der Waals surface area contributed by atoms with E-state index in [2.05, 4.69) is 41.5 Å². The third-order valence-electron chi connectivity index (χ3n) is 6.59. The van der Waals surface area contributed by atoms with Crippen molar-refractivity contribution in [1.29, 1.82) is 0 Å². The van der Waals surface area contributed by atoms with Crippen molar-refractivity contribution in [2.45, 2.75) is 137 Å². The van der Waals surface area contributed by atoms with Crippen LogP contribution in [0.3, 0.4) is 0 Å². The maximum Gasteiger partial charge on any atom is 0.157 e. The van der Waals surface area contributed by atoms with Gasteiger partial charge in [0.05, 0.1) is 0 Å². The van der Waals surface area contributed by atoms with Gasteiger partial charge in [-0.25, -0.2) is 0 Å². The molecular weight excluding hydrogens is 352 g/mol. The molecule has 0 aliphatic rings. The smallest absolute Gasteiger partial charge is 0.157 e. The average molecular weight is 403 g/mol. The molecule has 0 heterocycles. The quantitative estimate of drug-likeness (QED) is 0.158. The van der Waals surface area contributed by atoms with E-state index in [0.29, 0.717) is 0 Å². The number of hydrogen-bond acceptors (Lipinski definition) is 0. The Morgan fingerprint density at radius 3 is 1.00 bits per heavy atom. The summed E-state index contributed by atoms with van der Waals surface area (Å²) >= 11 is 7.64. The first kappa shape index (κ1) is 26.5. The molecule has 2 heteroatoms. The lowest BCUT2D eigenvalue weighted by Crippen LogP contribution is -2.35. The molecule has 0 saturated carbocycles. The average Bonchev–Trinajstić information content (AvgIpc) is 2.65. The van der Waals surface area contributed by atoms with Crippen LogP contribution in [0, 0.1) is 17.8 Å². The van der Waals surface area contributed by atoms with Gasteiger partial charge < -0.3 is 0 Å². The minimum absolute atomic E-state index is 0.881. The summed E-state index contributed by atoms with van der Waals surface area (Å²) in [6.07, 6.45) is 16.4. The molecule has 3 atom stereocenters. The van der Waals surface area contributed by atoms with Gasteiger partial charge in [0.1, 0.15) is 0 Å². The highest BCUT2D eigenvalue weighted by atomic mass is 35.6. The number of hydrogen-bond donors (Lipinski definition) is 0. The first-order valence-corrected chi connectivity index (χ1v) is 15.8. The second kappa shape index (κ2) is 16.5. The van der Waals surface area contributed by atoms with Gasteiger partial charge in [0.15, 0.2) is 7.38 Å². The molecule has 0 amide bonds. The summed E-state index contributed by atoms with van der Waals surface area (Å²) in [6, 6.07) is 4.16. The fourth-order valence-corrected chi connectivity index (χ4v) is 11.7. The molecule has 158 valence electrons. The van der Waals surface area contributed by atoms with Gasteiger partial charge in [-0.3, -0.25) is 0 Å². The van der Waals surface area contributed by atoms with E-state index in [9.17, 15) is 0 Å². The Labute approximate surface area is 173 Å². The van der Waals surface area contributed by atoms with Crippen molar-refractivity contribution in [3.05, 3.63) is 0 Å². The molecule has 0 N–H and O–H groups in total. The normalized spacial score (nSPS) is 17.7. The van der Waals surface area contributed by atoms with Crippen LogP contribution in [0.5, 0.6) is 0 Å². The summed E-state index contributed by atoms with van der Waals surface area (Å²) < 4.78 is 0. The van der Waals surface area contributed by atoms with Gasteiger partial charge in [0.25, 0.3) is 0 Å². The first-order valence-electron chi connectivity index (χ1n) is 12.2. The lowest BCUT2D eigenvalue weighted by molar-refractivity contribution is 0.450. The summed E-state index contributed by atoms with van der Waals surface area (Å²) in [5, 5.41) is 0. The van der Waals surface area contributed by atoms with Gasteiger partial charge in [0.2, 0.25) is 0 Å². The third kappa shape index (κ3) is 12.1. The predicted molar refractivity (Wildman–Crippen MR) is 126 cm³/mol. The summed E-state index contributed by atoms with van der Waals surface area (Å²) in [7, 11) is -1.68. The molecule has 26 heavy (non-hydrogen) atoms. The van der Waals surface area contributed by atoms with Crippen LogP contribution in [0.4, 0.5) is 0 Å².